The lowest BCUT2D eigenvalue weighted by Gasteiger charge is -2.09. The zero-order valence-corrected chi connectivity index (χ0v) is 12.2. The smallest absolute Gasteiger partial charge is 0.275 e. The minimum Gasteiger partial charge on any atom is -0.507 e. The molecule has 0 saturated heterocycles. The molecule has 0 radical (unpaired) electrons. The van der Waals surface area contributed by atoms with Crippen LogP contribution in [-0.2, 0) is 0 Å². The molecule has 2 rings (SSSR count). The Morgan fingerprint density at radius 2 is 1.91 bits per heavy atom. The van der Waals surface area contributed by atoms with Crippen LogP contribution in [0.2, 0.25) is 0 Å². The highest BCUT2D eigenvalue weighted by molar-refractivity contribution is 5.97. The van der Waals surface area contributed by atoms with E-state index < -0.39 is 5.91 Å². The number of amides is 1. The van der Waals surface area contributed by atoms with Crippen LogP contribution in [0.1, 0.15) is 15.9 Å². The van der Waals surface area contributed by atoms with Gasteiger partial charge >= 0.3 is 0 Å². The Morgan fingerprint density at radius 3 is 2.59 bits per heavy atom. The SMILES string of the molecule is COc1cccc(C=NNC(=O)c2ccccc2O)c1OC. The summed E-state index contributed by atoms with van der Waals surface area (Å²) < 4.78 is 10.4. The third kappa shape index (κ3) is 3.35. The van der Waals surface area contributed by atoms with E-state index in [2.05, 4.69) is 10.5 Å². The van der Waals surface area contributed by atoms with Gasteiger partial charge in [0.2, 0.25) is 0 Å². The van der Waals surface area contributed by atoms with E-state index in [1.807, 2.05) is 0 Å². The Kier molecular flexibility index (Phi) is 4.98. The van der Waals surface area contributed by atoms with Crippen molar-refractivity contribution < 1.29 is 19.4 Å². The molecule has 0 fully saturated rings. The third-order valence-corrected chi connectivity index (χ3v) is 2.95. The van der Waals surface area contributed by atoms with E-state index in [0.717, 1.165) is 0 Å². The van der Waals surface area contributed by atoms with Gasteiger partial charge in [0.1, 0.15) is 5.75 Å². The fourth-order valence-corrected chi connectivity index (χ4v) is 1.90. The van der Waals surface area contributed by atoms with Crippen molar-refractivity contribution in [3.8, 4) is 17.2 Å². The normalized spacial score (nSPS) is 10.5. The molecule has 22 heavy (non-hydrogen) atoms. The van der Waals surface area contributed by atoms with E-state index in [-0.39, 0.29) is 11.3 Å². The van der Waals surface area contributed by atoms with Crippen LogP contribution in [-0.4, -0.2) is 31.4 Å². The molecule has 0 atom stereocenters. The first kappa shape index (κ1) is 15.4. The minimum absolute atomic E-state index is 0.103. The molecule has 0 spiro atoms. The number of phenols is 1. The monoisotopic (exact) mass is 300 g/mol. The van der Waals surface area contributed by atoms with Crippen molar-refractivity contribution in [2.24, 2.45) is 5.10 Å². The number of methoxy groups -OCH3 is 2. The number of benzene rings is 2. The maximum absolute atomic E-state index is 11.9. The maximum Gasteiger partial charge on any atom is 0.275 e. The summed E-state index contributed by atoms with van der Waals surface area (Å²) in [5.74, 6) is 0.481. The van der Waals surface area contributed by atoms with E-state index in [4.69, 9.17) is 9.47 Å². The van der Waals surface area contributed by atoms with Gasteiger partial charge in [-0.3, -0.25) is 4.79 Å². The molecule has 0 bridgehead atoms. The molecule has 6 heteroatoms. The van der Waals surface area contributed by atoms with Crippen molar-refractivity contribution in [3.63, 3.8) is 0 Å². The summed E-state index contributed by atoms with van der Waals surface area (Å²) in [5.41, 5.74) is 3.15. The fraction of sp³-hybridized carbons (Fsp3) is 0.125. The number of rotatable bonds is 5. The highest BCUT2D eigenvalue weighted by Gasteiger charge is 2.10. The molecule has 2 aromatic carbocycles. The van der Waals surface area contributed by atoms with Crippen molar-refractivity contribution in [1.29, 1.82) is 0 Å². The van der Waals surface area contributed by atoms with Crippen molar-refractivity contribution in [2.45, 2.75) is 0 Å². The largest absolute Gasteiger partial charge is 0.507 e. The second-order valence-electron chi connectivity index (χ2n) is 4.30. The summed E-state index contributed by atoms with van der Waals surface area (Å²) in [6, 6.07) is 11.6. The van der Waals surface area contributed by atoms with Crippen molar-refractivity contribution in [3.05, 3.63) is 53.6 Å². The topological polar surface area (TPSA) is 80.2 Å². The third-order valence-electron chi connectivity index (χ3n) is 2.95. The summed E-state index contributed by atoms with van der Waals surface area (Å²) in [5, 5.41) is 13.5. The molecule has 2 aromatic rings. The van der Waals surface area contributed by atoms with Crippen LogP contribution in [0.3, 0.4) is 0 Å². The number of carbonyl (C=O) groups is 1. The Bertz CT molecular complexity index is 698. The molecule has 0 unspecified atom stereocenters. The number of hydrogen-bond donors (Lipinski definition) is 2. The number of phenolic OH excluding ortho intramolecular Hbond substituents is 1. The number of carbonyl (C=O) groups excluding carboxylic acids is 1. The van der Waals surface area contributed by atoms with E-state index in [1.165, 1.54) is 25.5 Å². The second kappa shape index (κ2) is 7.12. The predicted molar refractivity (Wildman–Crippen MR) is 82.7 cm³/mol. The van der Waals surface area contributed by atoms with Gasteiger partial charge in [0, 0.05) is 5.56 Å². The van der Waals surface area contributed by atoms with Gasteiger partial charge in [-0.2, -0.15) is 5.10 Å². The van der Waals surface area contributed by atoms with Crippen LogP contribution >= 0.6 is 0 Å². The van der Waals surface area contributed by atoms with Crippen molar-refractivity contribution in [1.82, 2.24) is 5.43 Å². The first-order valence-corrected chi connectivity index (χ1v) is 6.49. The highest BCUT2D eigenvalue weighted by Crippen LogP contribution is 2.29. The zero-order chi connectivity index (χ0) is 15.9. The molecular formula is C16H16N2O4. The van der Waals surface area contributed by atoms with Crippen LogP contribution in [0.25, 0.3) is 0 Å². The number of para-hydroxylation sites is 2. The Labute approximate surface area is 128 Å². The number of ether oxygens (including phenoxy) is 2. The second-order valence-corrected chi connectivity index (χ2v) is 4.30. The van der Waals surface area contributed by atoms with Gasteiger partial charge in [-0.25, -0.2) is 5.43 Å². The molecule has 6 nitrogen and oxygen atoms in total. The first-order valence-electron chi connectivity index (χ1n) is 6.49. The lowest BCUT2D eigenvalue weighted by Crippen LogP contribution is -2.17. The average Bonchev–Trinajstić information content (AvgIpc) is 2.54. The van der Waals surface area contributed by atoms with Crippen LogP contribution in [0, 0.1) is 0 Å². The molecule has 114 valence electrons. The average molecular weight is 300 g/mol. The van der Waals surface area contributed by atoms with E-state index >= 15 is 0 Å². The Balaban J connectivity index is 2.13. The Morgan fingerprint density at radius 1 is 1.14 bits per heavy atom. The van der Waals surface area contributed by atoms with Crippen molar-refractivity contribution >= 4 is 12.1 Å². The van der Waals surface area contributed by atoms with Gasteiger partial charge in [-0.05, 0) is 24.3 Å². The standard InChI is InChI=1S/C16H16N2O4/c1-21-14-9-5-6-11(15(14)22-2)10-17-18-16(20)12-7-3-4-8-13(12)19/h3-10,19H,1-2H3,(H,18,20). The molecule has 2 N–H and O–H groups in total. The fourth-order valence-electron chi connectivity index (χ4n) is 1.90. The van der Waals surface area contributed by atoms with Crippen molar-refractivity contribution in [2.75, 3.05) is 14.2 Å². The molecule has 0 aromatic heterocycles. The van der Waals surface area contributed by atoms with Gasteiger partial charge in [-0.1, -0.05) is 18.2 Å². The Hall–Kier alpha value is -3.02. The summed E-state index contributed by atoms with van der Waals surface area (Å²) in [7, 11) is 3.06. The van der Waals surface area contributed by atoms with Gasteiger partial charge in [0.05, 0.1) is 26.0 Å². The highest BCUT2D eigenvalue weighted by atomic mass is 16.5. The number of nitrogens with zero attached hydrogens (tertiary/aromatic N) is 1. The van der Waals surface area contributed by atoms with E-state index in [9.17, 15) is 9.90 Å². The van der Waals surface area contributed by atoms with Gasteiger partial charge in [0.25, 0.3) is 5.91 Å². The lowest BCUT2D eigenvalue weighted by molar-refractivity contribution is 0.0952. The predicted octanol–water partition coefficient (Wildman–Crippen LogP) is 2.17. The number of nitrogens with one attached hydrogen (secondary N) is 1. The maximum atomic E-state index is 11.9. The van der Waals surface area contributed by atoms with E-state index in [1.54, 1.807) is 37.4 Å². The molecular weight excluding hydrogens is 284 g/mol. The number of hydrogen-bond acceptors (Lipinski definition) is 5. The summed E-state index contributed by atoms with van der Waals surface area (Å²) in [6.45, 7) is 0. The van der Waals surface area contributed by atoms with Gasteiger partial charge < -0.3 is 14.6 Å². The van der Waals surface area contributed by atoms with Gasteiger partial charge in [-0.15, -0.1) is 0 Å². The summed E-state index contributed by atoms with van der Waals surface area (Å²) >= 11 is 0. The minimum atomic E-state index is -0.504. The molecule has 0 aliphatic heterocycles. The van der Waals surface area contributed by atoms with Gasteiger partial charge in [0.15, 0.2) is 11.5 Å². The summed E-state index contributed by atoms with van der Waals surface area (Å²) in [4.78, 5) is 11.9. The quantitative estimate of drug-likeness (QED) is 0.655. The number of aromatic hydroxyl groups is 1. The summed E-state index contributed by atoms with van der Waals surface area (Å²) in [6.07, 6.45) is 1.44. The molecule has 0 aliphatic rings. The van der Waals surface area contributed by atoms with Crippen LogP contribution in [0.4, 0.5) is 0 Å². The van der Waals surface area contributed by atoms with Crippen LogP contribution < -0.4 is 14.9 Å². The molecule has 1 amide bonds. The number of hydrazone groups is 1. The zero-order valence-electron chi connectivity index (χ0n) is 12.2. The van der Waals surface area contributed by atoms with Crippen LogP contribution in [0.5, 0.6) is 17.2 Å². The molecule has 0 heterocycles. The molecule has 0 saturated carbocycles. The van der Waals surface area contributed by atoms with Crippen LogP contribution in [0.15, 0.2) is 47.6 Å². The first-order chi connectivity index (χ1) is 10.7. The van der Waals surface area contributed by atoms with E-state index in [0.29, 0.717) is 17.1 Å². The lowest BCUT2D eigenvalue weighted by atomic mass is 10.2. The molecule has 0 aliphatic carbocycles.